The van der Waals surface area contributed by atoms with Crippen molar-refractivity contribution in [2.75, 3.05) is 114 Å². The Bertz CT molecular complexity index is 1820. The number of halogens is 3. The fourth-order valence-corrected chi connectivity index (χ4v) is 16.1. The molecule has 0 fully saturated rings. The fraction of sp³-hybridized carbons (Fsp3) is 0.489. The van der Waals surface area contributed by atoms with Crippen molar-refractivity contribution in [3.05, 3.63) is 73.8 Å². The van der Waals surface area contributed by atoms with Gasteiger partial charge in [0.15, 0.2) is 0 Å². The first-order valence-electron chi connectivity index (χ1n) is 18.7. The van der Waals surface area contributed by atoms with Crippen LogP contribution in [0.25, 0.3) is 0 Å². The molecule has 0 aromatic heterocycles. The molecule has 0 saturated carbocycles. The summed E-state index contributed by atoms with van der Waals surface area (Å²) < 4.78 is 0. The minimum absolute atomic E-state index is 0. The summed E-state index contributed by atoms with van der Waals surface area (Å²) in [5.74, 6) is 0. The zero-order valence-corrected chi connectivity index (χ0v) is 43.4. The van der Waals surface area contributed by atoms with E-state index in [1.807, 2.05) is 0 Å². The summed E-state index contributed by atoms with van der Waals surface area (Å²) in [5.41, 5.74) is 21.5. The van der Waals surface area contributed by atoms with Gasteiger partial charge in [0.2, 0.25) is 0 Å². The van der Waals surface area contributed by atoms with E-state index < -0.39 is 8.07 Å². The third-order valence-electron chi connectivity index (χ3n) is 12.2. The fourth-order valence-electron chi connectivity index (χ4n) is 9.85. The third kappa shape index (κ3) is 8.38. The van der Waals surface area contributed by atoms with Gasteiger partial charge in [-0.1, -0.05) is 27.7 Å². The topological polar surface area (TPSA) is 19.4 Å². The molecule has 0 atom stereocenters. The van der Waals surface area contributed by atoms with Crippen molar-refractivity contribution in [3.8, 4) is 0 Å². The summed E-state index contributed by atoms with van der Waals surface area (Å²) in [7, 11) is 23.3. The summed E-state index contributed by atoms with van der Waals surface area (Å²) in [6.45, 7) is 23.6. The number of benzene rings is 3. The average Bonchev–Trinajstić information content (AvgIpc) is 3.20. The first kappa shape index (κ1) is 53.6. The van der Waals surface area contributed by atoms with Gasteiger partial charge in [-0.05, 0) is 109 Å². The SMILES string of the molecule is Cc1c(N(C)C)cc([Si](c2cc(N(C)C)c(C)c(N(C)C)c2C)(c2cc(N(C)C)c(C)c(N(C)C)c2C)[c-]2c(C)c(C)c(C)c2C)c(C)c1N(C)C.[Cl-].[Cl-].[Cl-].[Ti+4]. The quantitative estimate of drug-likeness (QED) is 0.0975. The molecule has 6 nitrogen and oxygen atoms in total. The molecule has 4 aromatic carbocycles. The maximum atomic E-state index is 2.59. The number of rotatable bonds is 10. The zero-order valence-electron chi connectivity index (χ0n) is 38.5. The van der Waals surface area contributed by atoms with Crippen molar-refractivity contribution < 1.29 is 58.9 Å². The van der Waals surface area contributed by atoms with Gasteiger partial charge in [-0.15, -0.1) is 5.19 Å². The molecular formula is C45H69Cl3N6SiTi. The Labute approximate surface area is 376 Å². The minimum atomic E-state index is -3.23. The molecular weight excluding hydrogens is 807 g/mol. The van der Waals surface area contributed by atoms with Crippen molar-refractivity contribution >= 4 is 62.9 Å². The maximum absolute atomic E-state index is 3.23. The van der Waals surface area contributed by atoms with Crippen LogP contribution in [0, 0.1) is 69.2 Å². The van der Waals surface area contributed by atoms with E-state index in [0.29, 0.717) is 0 Å². The predicted octanol–water partition coefficient (Wildman–Crippen LogP) is -2.73. The first-order chi connectivity index (χ1) is 24.0. The predicted molar refractivity (Wildman–Crippen MR) is 239 cm³/mol. The van der Waals surface area contributed by atoms with E-state index in [2.05, 4.69) is 201 Å². The van der Waals surface area contributed by atoms with Crippen LogP contribution in [0.1, 0.15) is 55.6 Å². The van der Waals surface area contributed by atoms with Crippen LogP contribution < -0.4 is 87.4 Å². The number of anilines is 6. The molecule has 0 saturated heterocycles. The molecule has 308 valence electrons. The Kier molecular flexibility index (Phi) is 18.7. The van der Waals surface area contributed by atoms with Gasteiger partial charge in [-0.25, -0.2) is 0 Å². The molecule has 0 heterocycles. The maximum Gasteiger partial charge on any atom is 4.00 e. The smallest absolute Gasteiger partial charge is 1.00 e. The molecule has 0 aliphatic carbocycles. The first-order valence-corrected chi connectivity index (χ1v) is 20.7. The Morgan fingerprint density at radius 2 is 0.554 bits per heavy atom. The molecule has 0 unspecified atom stereocenters. The second kappa shape index (κ2) is 19.6. The Morgan fingerprint density at radius 1 is 0.339 bits per heavy atom. The van der Waals surface area contributed by atoms with Crippen LogP contribution in [0.15, 0.2) is 18.2 Å². The standard InChI is InChI=1S/C45H69N6Si.3ClH.Ti/c1-26-27(2)29(4)45(28(26)3)52(39-23-36(46(11)12)30(5)42(33(39)8)49(17)18,40-24-37(47(13)14)31(6)43(34(40)9)50(19)20)41-25-38(48(15)16)32(7)44(35(41)10)51(21)22;;;;/h23-25H,1-22H3;3*1H;/q-1;;;;+4/p-3. The normalized spacial score (nSPS) is 10.8. The second-order valence-corrected chi connectivity index (χ2v) is 20.2. The van der Waals surface area contributed by atoms with Crippen LogP contribution in [-0.4, -0.2) is 92.6 Å². The van der Waals surface area contributed by atoms with Crippen LogP contribution in [0.2, 0.25) is 0 Å². The van der Waals surface area contributed by atoms with Gasteiger partial charge in [-0.2, -0.15) is 22.3 Å². The molecule has 0 aliphatic rings. The van der Waals surface area contributed by atoms with Gasteiger partial charge in [0, 0.05) is 119 Å². The van der Waals surface area contributed by atoms with Gasteiger partial charge >= 0.3 is 21.7 Å². The molecule has 56 heavy (non-hydrogen) atoms. The molecule has 11 heteroatoms. The van der Waals surface area contributed by atoms with Gasteiger partial charge in [0.1, 0.15) is 8.07 Å². The molecule has 0 amide bonds. The molecule has 0 aliphatic heterocycles. The summed E-state index contributed by atoms with van der Waals surface area (Å²) >= 11 is 0. The largest absolute Gasteiger partial charge is 4.00 e. The van der Waals surface area contributed by atoms with Gasteiger partial charge in [-0.3, -0.25) is 0 Å². The Balaban J connectivity index is 0.00000756. The van der Waals surface area contributed by atoms with E-state index in [1.165, 1.54) is 111 Å². The van der Waals surface area contributed by atoms with E-state index >= 15 is 0 Å². The third-order valence-corrected chi connectivity index (χ3v) is 17.6. The van der Waals surface area contributed by atoms with Crippen molar-refractivity contribution in [2.24, 2.45) is 0 Å². The van der Waals surface area contributed by atoms with E-state index in [4.69, 9.17) is 0 Å². The zero-order chi connectivity index (χ0) is 39.6. The molecule has 4 rings (SSSR count). The van der Waals surface area contributed by atoms with E-state index in [-0.39, 0.29) is 58.9 Å². The molecule has 0 bridgehead atoms. The Hall–Kier alpha value is -2.39. The monoisotopic (exact) mass is 874 g/mol. The average molecular weight is 876 g/mol. The van der Waals surface area contributed by atoms with Crippen LogP contribution in [0.4, 0.5) is 34.1 Å². The second-order valence-electron chi connectivity index (χ2n) is 16.6. The summed E-state index contributed by atoms with van der Waals surface area (Å²) in [6.07, 6.45) is 0. The van der Waals surface area contributed by atoms with Gasteiger partial charge < -0.3 is 66.6 Å². The van der Waals surface area contributed by atoms with Crippen LogP contribution >= 0.6 is 0 Å². The van der Waals surface area contributed by atoms with E-state index in [9.17, 15) is 0 Å². The van der Waals surface area contributed by atoms with Crippen LogP contribution in [0.5, 0.6) is 0 Å². The van der Waals surface area contributed by atoms with E-state index in [0.717, 1.165) is 0 Å². The van der Waals surface area contributed by atoms with Crippen molar-refractivity contribution in [1.29, 1.82) is 0 Å². The molecule has 0 spiro atoms. The van der Waals surface area contributed by atoms with Crippen LogP contribution in [0.3, 0.4) is 0 Å². The summed E-state index contributed by atoms with van der Waals surface area (Å²) in [4.78, 5) is 14.0. The minimum Gasteiger partial charge on any atom is -1.00 e. The van der Waals surface area contributed by atoms with Crippen molar-refractivity contribution in [1.82, 2.24) is 0 Å². The summed E-state index contributed by atoms with van der Waals surface area (Å²) in [5, 5.41) is 5.92. The van der Waals surface area contributed by atoms with Gasteiger partial charge in [0.25, 0.3) is 0 Å². The van der Waals surface area contributed by atoms with E-state index in [1.54, 1.807) is 0 Å². The van der Waals surface area contributed by atoms with Crippen molar-refractivity contribution in [3.63, 3.8) is 0 Å². The molecule has 4 aromatic rings. The molecule has 0 radical (unpaired) electrons. The molecule has 0 N–H and O–H groups in total. The Morgan fingerprint density at radius 3 is 0.732 bits per heavy atom. The number of hydrogen-bond donors (Lipinski definition) is 0. The van der Waals surface area contributed by atoms with Gasteiger partial charge in [0.05, 0.1) is 0 Å². The number of nitrogens with zero attached hydrogens (tertiary/aromatic N) is 6. The summed E-state index contributed by atoms with van der Waals surface area (Å²) in [6, 6.07) is 7.77. The van der Waals surface area contributed by atoms with Crippen molar-refractivity contribution in [2.45, 2.75) is 69.2 Å². The van der Waals surface area contributed by atoms with Crippen LogP contribution in [-0.2, 0) is 21.7 Å². The number of hydrogen-bond acceptors (Lipinski definition) is 6.